The Morgan fingerprint density at radius 2 is 2.14 bits per heavy atom. The molecule has 0 saturated carbocycles. The van der Waals surface area contributed by atoms with Crippen LogP contribution >= 0.6 is 11.6 Å². The average molecular weight is 213 g/mol. The van der Waals surface area contributed by atoms with Crippen LogP contribution in [0.25, 0.3) is 0 Å². The average Bonchev–Trinajstić information content (AvgIpc) is 2.18. The second kappa shape index (κ2) is 4.70. The summed E-state index contributed by atoms with van der Waals surface area (Å²) in [6.07, 6.45) is 1.97. The van der Waals surface area contributed by atoms with Crippen molar-refractivity contribution in [3.63, 3.8) is 0 Å². The molecule has 0 amide bonds. The molecule has 78 valence electrons. The van der Waals surface area contributed by atoms with Crippen LogP contribution in [0.4, 0.5) is 0 Å². The summed E-state index contributed by atoms with van der Waals surface area (Å²) in [4.78, 5) is 0. The lowest BCUT2D eigenvalue weighted by atomic mass is 9.83. The molecular formula is C12H17ClO. The van der Waals surface area contributed by atoms with Crippen molar-refractivity contribution in [1.82, 2.24) is 0 Å². The van der Waals surface area contributed by atoms with Crippen LogP contribution in [0.3, 0.4) is 0 Å². The van der Waals surface area contributed by atoms with Gasteiger partial charge in [0.05, 0.1) is 0 Å². The van der Waals surface area contributed by atoms with Crippen LogP contribution in [0.1, 0.15) is 25.8 Å². The summed E-state index contributed by atoms with van der Waals surface area (Å²) in [6, 6.07) is 7.39. The van der Waals surface area contributed by atoms with E-state index in [-0.39, 0.29) is 5.41 Å². The zero-order valence-electron chi connectivity index (χ0n) is 8.76. The Bertz CT molecular complexity index is 292. The minimum Gasteiger partial charge on any atom is -0.508 e. The molecule has 0 spiro atoms. The Balaban J connectivity index is 2.77. The van der Waals surface area contributed by atoms with Gasteiger partial charge in [0.15, 0.2) is 0 Å². The van der Waals surface area contributed by atoms with E-state index in [9.17, 15) is 5.11 Å². The van der Waals surface area contributed by atoms with Gasteiger partial charge >= 0.3 is 0 Å². The number of benzene rings is 1. The first-order valence-electron chi connectivity index (χ1n) is 4.93. The lowest BCUT2D eigenvalue weighted by Crippen LogP contribution is -2.20. The van der Waals surface area contributed by atoms with E-state index in [0.29, 0.717) is 11.6 Å². The molecule has 0 fully saturated rings. The Morgan fingerprint density at radius 3 is 2.64 bits per heavy atom. The van der Waals surface area contributed by atoms with Gasteiger partial charge in [-0.1, -0.05) is 26.0 Å². The maximum atomic E-state index is 9.32. The van der Waals surface area contributed by atoms with Crippen molar-refractivity contribution in [3.05, 3.63) is 29.8 Å². The third-order valence-corrected chi connectivity index (χ3v) is 3.36. The summed E-state index contributed by atoms with van der Waals surface area (Å²) in [7, 11) is 0. The van der Waals surface area contributed by atoms with Crippen molar-refractivity contribution >= 4 is 11.6 Å². The summed E-state index contributed by atoms with van der Waals surface area (Å²) in [5.41, 5.74) is 1.28. The molecule has 1 nitrogen and oxygen atoms in total. The number of aromatic hydroxyl groups is 1. The van der Waals surface area contributed by atoms with Crippen molar-refractivity contribution in [1.29, 1.82) is 0 Å². The maximum absolute atomic E-state index is 9.32. The van der Waals surface area contributed by atoms with Gasteiger partial charge in [-0.25, -0.2) is 0 Å². The van der Waals surface area contributed by atoms with E-state index in [1.807, 2.05) is 12.1 Å². The Hall–Kier alpha value is -0.690. The van der Waals surface area contributed by atoms with E-state index in [0.717, 1.165) is 18.4 Å². The molecule has 0 aliphatic rings. The second-order valence-electron chi connectivity index (χ2n) is 4.14. The van der Waals surface area contributed by atoms with E-state index in [4.69, 9.17) is 11.6 Å². The number of hydrogen-bond acceptors (Lipinski definition) is 1. The van der Waals surface area contributed by atoms with Crippen LogP contribution in [-0.4, -0.2) is 11.0 Å². The van der Waals surface area contributed by atoms with Gasteiger partial charge < -0.3 is 5.11 Å². The smallest absolute Gasteiger partial charge is 0.115 e. The highest BCUT2D eigenvalue weighted by atomic mass is 35.5. The SMILES string of the molecule is CCC(C)(CCl)Cc1cccc(O)c1. The summed E-state index contributed by atoms with van der Waals surface area (Å²) in [6.45, 7) is 4.31. The van der Waals surface area contributed by atoms with Crippen LogP contribution in [0.15, 0.2) is 24.3 Å². The third kappa shape index (κ3) is 2.91. The monoisotopic (exact) mass is 212 g/mol. The molecule has 0 aliphatic carbocycles. The molecule has 1 N–H and O–H groups in total. The van der Waals surface area contributed by atoms with Gasteiger partial charge in [0.2, 0.25) is 0 Å². The van der Waals surface area contributed by atoms with Crippen LogP contribution < -0.4 is 0 Å². The van der Waals surface area contributed by atoms with E-state index in [2.05, 4.69) is 13.8 Å². The summed E-state index contributed by atoms with van der Waals surface area (Å²) >= 11 is 5.94. The van der Waals surface area contributed by atoms with Gasteiger partial charge in [0.1, 0.15) is 5.75 Å². The molecule has 0 bridgehead atoms. The molecule has 0 aliphatic heterocycles. The number of rotatable bonds is 4. The first-order valence-corrected chi connectivity index (χ1v) is 5.47. The van der Waals surface area contributed by atoms with Crippen molar-refractivity contribution in [3.8, 4) is 5.75 Å². The van der Waals surface area contributed by atoms with Gasteiger partial charge in [0.25, 0.3) is 0 Å². The molecule has 0 radical (unpaired) electrons. The number of phenolic OH excluding ortho intramolecular Hbond substituents is 1. The highest BCUT2D eigenvalue weighted by Gasteiger charge is 2.21. The number of phenols is 1. The first kappa shape index (κ1) is 11.4. The number of alkyl halides is 1. The standard InChI is InChI=1S/C12H17ClO/c1-3-12(2,9-13)8-10-5-4-6-11(14)7-10/h4-7,14H,3,8-9H2,1-2H3. The lowest BCUT2D eigenvalue weighted by molar-refractivity contribution is 0.355. The minimum absolute atomic E-state index is 0.134. The topological polar surface area (TPSA) is 20.2 Å². The molecule has 0 aromatic heterocycles. The normalized spacial score (nSPS) is 15.1. The molecule has 1 rings (SSSR count). The number of halogens is 1. The zero-order chi connectivity index (χ0) is 10.6. The molecule has 0 heterocycles. The number of hydrogen-bond donors (Lipinski definition) is 1. The fourth-order valence-electron chi connectivity index (χ4n) is 1.43. The summed E-state index contributed by atoms with van der Waals surface area (Å²) < 4.78 is 0. The largest absolute Gasteiger partial charge is 0.508 e. The lowest BCUT2D eigenvalue weighted by Gasteiger charge is -2.25. The van der Waals surface area contributed by atoms with Crippen molar-refractivity contribution in [2.24, 2.45) is 5.41 Å². The van der Waals surface area contributed by atoms with E-state index >= 15 is 0 Å². The Kier molecular flexibility index (Phi) is 3.82. The molecule has 1 unspecified atom stereocenters. The quantitative estimate of drug-likeness (QED) is 0.757. The Labute approximate surface area is 90.7 Å². The van der Waals surface area contributed by atoms with E-state index in [1.54, 1.807) is 12.1 Å². The van der Waals surface area contributed by atoms with Crippen LogP contribution in [0.2, 0.25) is 0 Å². The fraction of sp³-hybridized carbons (Fsp3) is 0.500. The molecular weight excluding hydrogens is 196 g/mol. The van der Waals surface area contributed by atoms with Crippen LogP contribution in [0.5, 0.6) is 5.75 Å². The van der Waals surface area contributed by atoms with E-state index in [1.165, 1.54) is 0 Å². The highest BCUT2D eigenvalue weighted by molar-refractivity contribution is 6.18. The van der Waals surface area contributed by atoms with Crippen LogP contribution in [-0.2, 0) is 6.42 Å². The van der Waals surface area contributed by atoms with Crippen LogP contribution in [0, 0.1) is 5.41 Å². The summed E-state index contributed by atoms with van der Waals surface area (Å²) in [5.74, 6) is 0.981. The van der Waals surface area contributed by atoms with Crippen molar-refractivity contribution in [2.75, 3.05) is 5.88 Å². The molecule has 1 aromatic rings. The third-order valence-electron chi connectivity index (χ3n) is 2.72. The van der Waals surface area contributed by atoms with E-state index < -0.39 is 0 Å². The maximum Gasteiger partial charge on any atom is 0.115 e. The van der Waals surface area contributed by atoms with Crippen molar-refractivity contribution in [2.45, 2.75) is 26.7 Å². The van der Waals surface area contributed by atoms with Gasteiger partial charge in [0, 0.05) is 5.88 Å². The minimum atomic E-state index is 0.134. The Morgan fingerprint density at radius 1 is 1.43 bits per heavy atom. The molecule has 2 heteroatoms. The van der Waals surface area contributed by atoms with Gasteiger partial charge in [-0.15, -0.1) is 11.6 Å². The zero-order valence-corrected chi connectivity index (χ0v) is 9.51. The van der Waals surface area contributed by atoms with Gasteiger partial charge in [-0.2, -0.15) is 0 Å². The highest BCUT2D eigenvalue weighted by Crippen LogP contribution is 2.28. The van der Waals surface area contributed by atoms with Gasteiger partial charge in [-0.05, 0) is 36.0 Å². The fourth-order valence-corrected chi connectivity index (χ4v) is 1.71. The van der Waals surface area contributed by atoms with Crippen molar-refractivity contribution < 1.29 is 5.11 Å². The molecule has 1 aromatic carbocycles. The summed E-state index contributed by atoms with van der Waals surface area (Å²) in [5, 5.41) is 9.32. The van der Waals surface area contributed by atoms with Gasteiger partial charge in [-0.3, -0.25) is 0 Å². The predicted octanol–water partition coefficient (Wildman–Crippen LogP) is 3.59. The predicted molar refractivity (Wildman–Crippen MR) is 60.9 cm³/mol. The molecule has 0 saturated heterocycles. The molecule has 1 atom stereocenters. The first-order chi connectivity index (χ1) is 6.59. The molecule has 14 heavy (non-hydrogen) atoms. The second-order valence-corrected chi connectivity index (χ2v) is 4.41.